The van der Waals surface area contributed by atoms with Crippen molar-refractivity contribution < 1.29 is 0 Å². The van der Waals surface area contributed by atoms with Gasteiger partial charge in [-0.3, -0.25) is 0 Å². The van der Waals surface area contributed by atoms with Gasteiger partial charge in [0.05, 0.1) is 0 Å². The zero-order valence-electron chi connectivity index (χ0n) is 4.50. The van der Waals surface area contributed by atoms with Crippen LogP contribution in [0.4, 0.5) is 0 Å². The molecule has 0 saturated heterocycles. The fraction of sp³-hybridized carbons (Fsp3) is 0.250. The van der Waals surface area contributed by atoms with E-state index in [1.807, 2.05) is 11.6 Å². The lowest BCUT2D eigenvalue weighted by Crippen LogP contribution is -2.35. The summed E-state index contributed by atoms with van der Waals surface area (Å²) in [6.45, 7) is 0. The first-order valence-electron chi connectivity index (χ1n) is 2.35. The Morgan fingerprint density at radius 1 is 1.89 bits per heavy atom. The van der Waals surface area contributed by atoms with Gasteiger partial charge in [-0.2, -0.15) is 0 Å². The van der Waals surface area contributed by atoms with E-state index in [9.17, 15) is 0 Å². The van der Waals surface area contributed by atoms with Crippen LogP contribution in [0.25, 0.3) is 0 Å². The molecule has 1 atom stereocenters. The molecule has 0 saturated carbocycles. The third-order valence-electron chi connectivity index (χ3n) is 0.785. The second-order valence-electron chi connectivity index (χ2n) is 1.44. The quantitative estimate of drug-likeness (QED) is 0.410. The van der Waals surface area contributed by atoms with Crippen molar-refractivity contribution in [2.45, 2.75) is 5.50 Å². The van der Waals surface area contributed by atoms with Gasteiger partial charge in [-0.1, -0.05) is 24.0 Å². The van der Waals surface area contributed by atoms with Crippen LogP contribution in [0.5, 0.6) is 0 Å². The van der Waals surface area contributed by atoms with Crippen LogP contribution in [0, 0.1) is 0 Å². The highest BCUT2D eigenvalue weighted by molar-refractivity contribution is 8.11. The number of rotatable bonds is 1. The Hall–Kier alpha value is 0.130. The molecule has 2 nitrogen and oxygen atoms in total. The fourth-order valence-electron chi connectivity index (χ4n) is 0.472. The van der Waals surface area contributed by atoms with Crippen molar-refractivity contribution in [1.82, 2.24) is 10.6 Å². The lowest BCUT2D eigenvalue weighted by molar-refractivity contribution is 0.764. The highest BCUT2D eigenvalue weighted by Crippen LogP contribution is 2.12. The summed E-state index contributed by atoms with van der Waals surface area (Å²) in [5, 5.41) is 7.91. The summed E-state index contributed by atoms with van der Waals surface area (Å²) in [4.78, 5) is 0. The van der Waals surface area contributed by atoms with Crippen LogP contribution in [0.3, 0.4) is 0 Å². The number of thiol groups is 1. The fourth-order valence-corrected chi connectivity index (χ4v) is 1.54. The number of nitrogens with one attached hydrogen (secondary N) is 2. The van der Waals surface area contributed by atoms with E-state index in [1.165, 1.54) is 0 Å². The third-order valence-corrected chi connectivity index (χ3v) is 1.85. The second kappa shape index (κ2) is 3.34. The second-order valence-corrected chi connectivity index (χ2v) is 3.61. The highest BCUT2D eigenvalue weighted by atomic mass is 32.2. The first-order valence-corrected chi connectivity index (χ1v) is 4.15. The summed E-state index contributed by atoms with van der Waals surface area (Å²) < 4.78 is 0.517. The molecule has 0 aromatic heterocycles. The van der Waals surface area contributed by atoms with E-state index < -0.39 is 0 Å². The molecule has 0 aromatic carbocycles. The molecule has 1 rings (SSSR count). The molecule has 0 radical (unpaired) electrons. The van der Waals surface area contributed by atoms with Crippen LogP contribution in [0.2, 0.25) is 0 Å². The summed E-state index contributed by atoms with van der Waals surface area (Å²) in [6, 6.07) is 0. The van der Waals surface area contributed by atoms with Crippen molar-refractivity contribution in [3.63, 3.8) is 0 Å². The predicted octanol–water partition coefficient (Wildman–Crippen LogP) is 0.882. The SMILES string of the molecule is S=C(S)NC1NC=CS1. The Balaban J connectivity index is 2.22. The topological polar surface area (TPSA) is 24.1 Å². The molecule has 2 N–H and O–H groups in total. The number of hydrogen-bond donors (Lipinski definition) is 3. The minimum atomic E-state index is 0.176. The maximum absolute atomic E-state index is 4.70. The summed E-state index contributed by atoms with van der Waals surface area (Å²) in [6.07, 6.45) is 1.87. The molecule has 0 fully saturated rings. The van der Waals surface area contributed by atoms with E-state index in [2.05, 4.69) is 23.3 Å². The lowest BCUT2D eigenvalue weighted by atomic mass is 10.9. The molecule has 9 heavy (non-hydrogen) atoms. The van der Waals surface area contributed by atoms with Gasteiger partial charge in [0.2, 0.25) is 0 Å². The Morgan fingerprint density at radius 2 is 2.67 bits per heavy atom. The Labute approximate surface area is 68.9 Å². The molecule has 0 bridgehead atoms. The average molecular weight is 178 g/mol. The standard InChI is InChI=1S/C4H6N2S3/c7-4(8)6-3-5-1-2-9-3/h1-3,5H,(H2,6,7,8). The maximum Gasteiger partial charge on any atom is 0.150 e. The largest absolute Gasteiger partial charge is 0.362 e. The van der Waals surface area contributed by atoms with Crippen molar-refractivity contribution in [2.24, 2.45) is 0 Å². The van der Waals surface area contributed by atoms with Crippen molar-refractivity contribution in [2.75, 3.05) is 0 Å². The number of thiocarbonyl (C=S) groups is 1. The number of thioether (sulfide) groups is 1. The van der Waals surface area contributed by atoms with Gasteiger partial charge in [-0.05, 0) is 5.41 Å². The molecule has 50 valence electrons. The molecular formula is C4H6N2S3. The van der Waals surface area contributed by atoms with Crippen LogP contribution in [-0.2, 0) is 0 Å². The molecule has 1 aliphatic heterocycles. The van der Waals surface area contributed by atoms with Crippen LogP contribution in [0.1, 0.15) is 0 Å². The van der Waals surface area contributed by atoms with Crippen molar-refractivity contribution in [3.8, 4) is 0 Å². The van der Waals surface area contributed by atoms with Crippen LogP contribution < -0.4 is 10.6 Å². The average Bonchev–Trinajstić information content (AvgIpc) is 2.15. The molecule has 1 heterocycles. The molecule has 0 spiro atoms. The third kappa shape index (κ3) is 2.47. The Bertz CT molecular complexity index is 137. The van der Waals surface area contributed by atoms with E-state index in [-0.39, 0.29) is 5.50 Å². The van der Waals surface area contributed by atoms with Crippen molar-refractivity contribution in [3.05, 3.63) is 11.6 Å². The van der Waals surface area contributed by atoms with Gasteiger partial charge in [-0.15, -0.1) is 12.6 Å². The molecular weight excluding hydrogens is 172 g/mol. The number of hydrogen-bond acceptors (Lipinski definition) is 3. The molecule has 5 heteroatoms. The van der Waals surface area contributed by atoms with E-state index >= 15 is 0 Å². The zero-order chi connectivity index (χ0) is 6.69. The van der Waals surface area contributed by atoms with Gasteiger partial charge >= 0.3 is 0 Å². The normalized spacial score (nSPS) is 23.4. The maximum atomic E-state index is 4.70. The molecule has 0 aliphatic carbocycles. The monoisotopic (exact) mass is 178 g/mol. The smallest absolute Gasteiger partial charge is 0.150 e. The summed E-state index contributed by atoms with van der Waals surface area (Å²) >= 11 is 10.2. The van der Waals surface area contributed by atoms with E-state index in [1.54, 1.807) is 11.8 Å². The first-order chi connectivity index (χ1) is 4.29. The molecule has 1 aliphatic rings. The van der Waals surface area contributed by atoms with Gasteiger partial charge in [0.25, 0.3) is 0 Å². The summed E-state index contributed by atoms with van der Waals surface area (Å²) in [7, 11) is 0. The van der Waals surface area contributed by atoms with Gasteiger partial charge in [0.1, 0.15) is 9.82 Å². The van der Waals surface area contributed by atoms with Gasteiger partial charge < -0.3 is 10.6 Å². The minimum Gasteiger partial charge on any atom is -0.362 e. The van der Waals surface area contributed by atoms with Gasteiger partial charge in [0.15, 0.2) is 0 Å². The summed E-state index contributed by atoms with van der Waals surface area (Å²) in [5.74, 6) is 0. The Kier molecular flexibility index (Phi) is 2.68. The zero-order valence-corrected chi connectivity index (χ0v) is 7.02. The molecule has 1 unspecified atom stereocenters. The highest BCUT2D eigenvalue weighted by Gasteiger charge is 2.07. The predicted molar refractivity (Wildman–Crippen MR) is 48.4 cm³/mol. The van der Waals surface area contributed by atoms with Gasteiger partial charge in [-0.25, -0.2) is 0 Å². The Morgan fingerprint density at radius 3 is 3.11 bits per heavy atom. The van der Waals surface area contributed by atoms with Crippen LogP contribution in [0.15, 0.2) is 11.6 Å². The van der Waals surface area contributed by atoms with Crippen molar-refractivity contribution >= 4 is 40.9 Å². The van der Waals surface area contributed by atoms with Crippen molar-refractivity contribution in [1.29, 1.82) is 0 Å². The van der Waals surface area contributed by atoms with Crippen LogP contribution >= 0.6 is 36.6 Å². The minimum absolute atomic E-state index is 0.176. The summed E-state index contributed by atoms with van der Waals surface area (Å²) in [5.41, 5.74) is 0.176. The van der Waals surface area contributed by atoms with Gasteiger partial charge in [0, 0.05) is 6.20 Å². The molecule has 0 aromatic rings. The van der Waals surface area contributed by atoms with E-state index in [0.29, 0.717) is 4.32 Å². The lowest BCUT2D eigenvalue weighted by Gasteiger charge is -2.10. The van der Waals surface area contributed by atoms with Crippen LogP contribution in [-0.4, -0.2) is 9.82 Å². The van der Waals surface area contributed by atoms with E-state index in [4.69, 9.17) is 12.2 Å². The van der Waals surface area contributed by atoms with E-state index in [0.717, 1.165) is 0 Å². The molecule has 0 amide bonds. The first kappa shape index (κ1) is 7.24.